The fourth-order valence-electron chi connectivity index (χ4n) is 2.18. The maximum absolute atomic E-state index is 12.4. The van der Waals surface area contributed by atoms with Gasteiger partial charge >= 0.3 is 17.9 Å². The van der Waals surface area contributed by atoms with Crippen LogP contribution in [0.15, 0.2) is 0 Å². The first-order chi connectivity index (χ1) is 12.4. The molecule has 11 heteroatoms. The molecule has 3 atom stereocenters. The number of carboxylic acids is 3. The van der Waals surface area contributed by atoms with Crippen LogP contribution in [-0.4, -0.2) is 63.2 Å². The van der Waals surface area contributed by atoms with Gasteiger partial charge in [-0.25, -0.2) is 4.79 Å². The van der Waals surface area contributed by atoms with Gasteiger partial charge in [0.05, 0.1) is 0 Å². The summed E-state index contributed by atoms with van der Waals surface area (Å²) in [6, 6.07) is -3.65. The van der Waals surface area contributed by atoms with Crippen molar-refractivity contribution in [2.75, 3.05) is 0 Å². The topological polar surface area (TPSA) is 196 Å². The van der Waals surface area contributed by atoms with E-state index < -0.39 is 54.3 Å². The Kier molecular flexibility index (Phi) is 10.7. The number of nitrogens with two attached hydrogens (primary N) is 1. The fourth-order valence-corrected chi connectivity index (χ4v) is 2.18. The van der Waals surface area contributed by atoms with E-state index in [1.54, 1.807) is 13.8 Å². The summed E-state index contributed by atoms with van der Waals surface area (Å²) in [5.74, 6) is -5.18. The lowest BCUT2D eigenvalue weighted by atomic mass is 10.0. The van der Waals surface area contributed by atoms with Crippen molar-refractivity contribution in [3.8, 4) is 0 Å². The van der Waals surface area contributed by atoms with E-state index in [0.717, 1.165) is 0 Å². The van der Waals surface area contributed by atoms with E-state index in [1.807, 2.05) is 0 Å². The molecule has 0 radical (unpaired) electrons. The molecule has 7 N–H and O–H groups in total. The van der Waals surface area contributed by atoms with Crippen LogP contribution in [0.3, 0.4) is 0 Å². The summed E-state index contributed by atoms with van der Waals surface area (Å²) in [5.41, 5.74) is 5.32. The number of carbonyl (C=O) groups is 5. The molecule has 0 saturated carbocycles. The number of nitrogens with one attached hydrogen (secondary N) is 2. The molecule has 0 bridgehead atoms. The van der Waals surface area contributed by atoms with Crippen LogP contribution in [0.5, 0.6) is 0 Å². The van der Waals surface area contributed by atoms with Gasteiger partial charge < -0.3 is 31.7 Å². The Bertz CT molecular complexity index is 564. The Labute approximate surface area is 156 Å². The van der Waals surface area contributed by atoms with Gasteiger partial charge in [-0.15, -0.1) is 0 Å². The van der Waals surface area contributed by atoms with Crippen molar-refractivity contribution in [3.63, 3.8) is 0 Å². The Morgan fingerprint density at radius 2 is 1.44 bits per heavy atom. The Morgan fingerprint density at radius 1 is 0.852 bits per heavy atom. The highest BCUT2D eigenvalue weighted by Crippen LogP contribution is 2.08. The molecule has 0 aliphatic rings. The molecule has 0 aromatic rings. The quantitative estimate of drug-likeness (QED) is 0.232. The van der Waals surface area contributed by atoms with Gasteiger partial charge in [0.15, 0.2) is 0 Å². The van der Waals surface area contributed by atoms with Crippen LogP contribution in [0.25, 0.3) is 0 Å². The van der Waals surface area contributed by atoms with Crippen molar-refractivity contribution >= 4 is 29.7 Å². The summed E-state index contributed by atoms with van der Waals surface area (Å²) in [6.07, 6.45) is -0.851. The summed E-state index contributed by atoms with van der Waals surface area (Å²) in [6.45, 7) is 3.60. The van der Waals surface area contributed by atoms with Gasteiger partial charge in [-0.1, -0.05) is 13.8 Å². The van der Waals surface area contributed by atoms with Gasteiger partial charge in [-0.3, -0.25) is 19.2 Å². The Morgan fingerprint density at radius 3 is 1.89 bits per heavy atom. The lowest BCUT2D eigenvalue weighted by molar-refractivity contribution is -0.143. The molecule has 0 fully saturated rings. The van der Waals surface area contributed by atoms with Gasteiger partial charge in [0.2, 0.25) is 11.8 Å². The van der Waals surface area contributed by atoms with Crippen LogP contribution >= 0.6 is 0 Å². The molecule has 2 amide bonds. The highest BCUT2D eigenvalue weighted by Gasteiger charge is 2.27. The van der Waals surface area contributed by atoms with Crippen molar-refractivity contribution in [3.05, 3.63) is 0 Å². The predicted octanol–water partition coefficient (Wildman–Crippen LogP) is -0.856. The molecule has 0 aliphatic carbocycles. The third-order valence-corrected chi connectivity index (χ3v) is 3.62. The highest BCUT2D eigenvalue weighted by atomic mass is 16.4. The van der Waals surface area contributed by atoms with Crippen LogP contribution in [0.4, 0.5) is 0 Å². The van der Waals surface area contributed by atoms with Crippen LogP contribution in [0, 0.1) is 5.92 Å². The first-order valence-corrected chi connectivity index (χ1v) is 8.46. The first-order valence-electron chi connectivity index (χ1n) is 8.46. The standard InChI is InChI=1S/C16H27N3O8/c1-8(2)7-11(18-12(20)5-3-9(17)15(24)25)14(23)19-10(16(26)27)4-6-13(21)22/h8-11H,3-7,17H2,1-2H3,(H,18,20)(H,19,23)(H,21,22)(H,24,25)(H,26,27)/t9-,10-,11-/m0/s1. The lowest BCUT2D eigenvalue weighted by Crippen LogP contribution is -2.52. The maximum Gasteiger partial charge on any atom is 0.326 e. The summed E-state index contributed by atoms with van der Waals surface area (Å²) in [4.78, 5) is 56.8. The molecule has 0 saturated heterocycles. The molecule has 0 aliphatic heterocycles. The molecule has 27 heavy (non-hydrogen) atoms. The summed E-state index contributed by atoms with van der Waals surface area (Å²) >= 11 is 0. The van der Waals surface area contributed by atoms with Crippen LogP contribution in [-0.2, 0) is 24.0 Å². The van der Waals surface area contributed by atoms with Gasteiger partial charge in [-0.2, -0.15) is 0 Å². The maximum atomic E-state index is 12.4. The van der Waals surface area contributed by atoms with E-state index in [0.29, 0.717) is 0 Å². The van der Waals surface area contributed by atoms with Gasteiger partial charge in [0.25, 0.3) is 0 Å². The molecule has 0 aromatic heterocycles. The van der Waals surface area contributed by atoms with E-state index in [4.69, 9.17) is 21.1 Å². The molecule has 0 unspecified atom stereocenters. The number of amides is 2. The number of hydrogen-bond donors (Lipinski definition) is 6. The molecular formula is C16H27N3O8. The van der Waals surface area contributed by atoms with E-state index in [2.05, 4.69) is 10.6 Å². The molecule has 0 rings (SSSR count). The third-order valence-electron chi connectivity index (χ3n) is 3.62. The van der Waals surface area contributed by atoms with E-state index in [9.17, 15) is 24.0 Å². The minimum absolute atomic E-state index is 0.00961. The lowest BCUT2D eigenvalue weighted by Gasteiger charge is -2.22. The smallest absolute Gasteiger partial charge is 0.326 e. The zero-order valence-corrected chi connectivity index (χ0v) is 15.3. The number of carboxylic acid groups (broad SMARTS) is 3. The first kappa shape index (κ1) is 24.3. The summed E-state index contributed by atoms with van der Waals surface area (Å²) < 4.78 is 0. The van der Waals surface area contributed by atoms with Gasteiger partial charge in [-0.05, 0) is 25.2 Å². The Balaban J connectivity index is 4.91. The zero-order valence-electron chi connectivity index (χ0n) is 15.3. The summed E-state index contributed by atoms with van der Waals surface area (Å²) in [5, 5.41) is 31.1. The normalized spacial score (nSPS) is 14.1. The SMILES string of the molecule is CC(C)C[C@H](NC(=O)CC[C@H](N)C(=O)O)C(=O)N[C@@H](CCC(=O)O)C(=O)O. The van der Waals surface area contributed by atoms with E-state index in [-0.39, 0.29) is 31.6 Å². The second-order valence-electron chi connectivity index (χ2n) is 6.56. The molecule has 11 nitrogen and oxygen atoms in total. The second-order valence-corrected chi connectivity index (χ2v) is 6.56. The number of aliphatic carboxylic acids is 3. The van der Waals surface area contributed by atoms with Gasteiger partial charge in [0.1, 0.15) is 18.1 Å². The predicted molar refractivity (Wildman–Crippen MR) is 92.7 cm³/mol. The van der Waals surface area contributed by atoms with Crippen molar-refractivity contribution in [2.45, 2.75) is 64.1 Å². The number of rotatable bonds is 13. The van der Waals surface area contributed by atoms with Crippen LogP contribution in [0.2, 0.25) is 0 Å². The third kappa shape index (κ3) is 10.8. The van der Waals surface area contributed by atoms with E-state index in [1.165, 1.54) is 0 Å². The summed E-state index contributed by atoms with van der Waals surface area (Å²) in [7, 11) is 0. The molecule has 0 aromatic carbocycles. The molecule has 0 heterocycles. The highest BCUT2D eigenvalue weighted by molar-refractivity contribution is 5.90. The zero-order chi connectivity index (χ0) is 21.1. The van der Waals surface area contributed by atoms with Crippen molar-refractivity contribution < 1.29 is 39.3 Å². The molecule has 0 spiro atoms. The monoisotopic (exact) mass is 389 g/mol. The van der Waals surface area contributed by atoms with Gasteiger partial charge in [0, 0.05) is 12.8 Å². The average Bonchev–Trinajstić information content (AvgIpc) is 2.54. The Hall–Kier alpha value is -2.69. The fraction of sp³-hybridized carbons (Fsp3) is 0.688. The van der Waals surface area contributed by atoms with E-state index >= 15 is 0 Å². The minimum Gasteiger partial charge on any atom is -0.481 e. The van der Waals surface area contributed by atoms with Crippen molar-refractivity contribution in [1.82, 2.24) is 10.6 Å². The minimum atomic E-state index is -1.40. The number of hydrogen-bond acceptors (Lipinski definition) is 6. The average molecular weight is 389 g/mol. The van der Waals surface area contributed by atoms with Crippen LogP contribution in [0.1, 0.15) is 46.0 Å². The molecular weight excluding hydrogens is 362 g/mol. The van der Waals surface area contributed by atoms with Crippen LogP contribution < -0.4 is 16.4 Å². The number of carbonyl (C=O) groups excluding carboxylic acids is 2. The second kappa shape index (κ2) is 11.8. The van der Waals surface area contributed by atoms with Crippen molar-refractivity contribution in [1.29, 1.82) is 0 Å². The largest absolute Gasteiger partial charge is 0.481 e. The molecule has 154 valence electrons. The van der Waals surface area contributed by atoms with Crippen molar-refractivity contribution in [2.24, 2.45) is 11.7 Å².